The molecule has 1 N–H and O–H groups in total. The van der Waals surface area contributed by atoms with Gasteiger partial charge in [0.2, 0.25) is 11.8 Å². The van der Waals surface area contributed by atoms with Crippen LogP contribution in [0.4, 0.5) is 5.69 Å². The highest BCUT2D eigenvalue weighted by Crippen LogP contribution is 2.30. The van der Waals surface area contributed by atoms with Gasteiger partial charge in [0, 0.05) is 17.5 Å². The van der Waals surface area contributed by atoms with Crippen LogP contribution >= 0.6 is 22.9 Å². The number of ether oxygens (including phenoxy) is 1. The van der Waals surface area contributed by atoms with Crippen LogP contribution in [-0.2, 0) is 16.0 Å². The number of thiazole rings is 1. The van der Waals surface area contributed by atoms with E-state index in [1.807, 2.05) is 42.6 Å². The summed E-state index contributed by atoms with van der Waals surface area (Å²) in [6.07, 6.45) is 0.122. The first kappa shape index (κ1) is 21.8. The molecule has 8 heteroatoms. The molecule has 1 aromatic heterocycles. The zero-order valence-electron chi connectivity index (χ0n) is 16.7. The number of methoxy groups -OCH3 is 1. The fourth-order valence-electron chi connectivity index (χ4n) is 2.90. The van der Waals surface area contributed by atoms with Crippen molar-refractivity contribution in [3.05, 3.63) is 64.6 Å². The summed E-state index contributed by atoms with van der Waals surface area (Å²) in [6.45, 7) is 2.21. The second kappa shape index (κ2) is 10.2. The van der Waals surface area contributed by atoms with Gasteiger partial charge in [-0.05, 0) is 25.1 Å². The molecule has 30 heavy (non-hydrogen) atoms. The molecule has 156 valence electrons. The molecule has 0 saturated carbocycles. The van der Waals surface area contributed by atoms with Crippen LogP contribution in [-0.4, -0.2) is 41.9 Å². The molecule has 0 atom stereocenters. The van der Waals surface area contributed by atoms with Crippen molar-refractivity contribution in [1.82, 2.24) is 9.88 Å². The van der Waals surface area contributed by atoms with Crippen LogP contribution in [0.2, 0.25) is 5.02 Å². The number of carbonyl (C=O) groups excluding carboxylic acids is 2. The molecule has 0 saturated heterocycles. The monoisotopic (exact) mass is 443 g/mol. The van der Waals surface area contributed by atoms with Gasteiger partial charge in [0.15, 0.2) is 0 Å². The molecule has 0 aliphatic heterocycles. The van der Waals surface area contributed by atoms with Crippen molar-refractivity contribution < 1.29 is 14.3 Å². The van der Waals surface area contributed by atoms with Crippen molar-refractivity contribution in [3.8, 4) is 16.3 Å². The zero-order valence-corrected chi connectivity index (χ0v) is 18.3. The first-order chi connectivity index (χ1) is 14.5. The number of para-hydroxylation sites is 2. The van der Waals surface area contributed by atoms with E-state index in [2.05, 4.69) is 10.3 Å². The smallest absolute Gasteiger partial charge is 0.244 e. The van der Waals surface area contributed by atoms with Gasteiger partial charge in [-0.1, -0.05) is 41.9 Å². The summed E-state index contributed by atoms with van der Waals surface area (Å²) >= 11 is 7.67. The van der Waals surface area contributed by atoms with Crippen LogP contribution in [0.15, 0.2) is 53.9 Å². The third-order valence-electron chi connectivity index (χ3n) is 4.44. The summed E-state index contributed by atoms with van der Waals surface area (Å²) in [7, 11) is 1.54. The third kappa shape index (κ3) is 5.37. The molecule has 1 heterocycles. The number of hydrogen-bond donors (Lipinski definition) is 1. The van der Waals surface area contributed by atoms with E-state index >= 15 is 0 Å². The molecule has 2 aromatic carbocycles. The average molecular weight is 444 g/mol. The number of benzene rings is 2. The van der Waals surface area contributed by atoms with Crippen LogP contribution in [0.3, 0.4) is 0 Å². The van der Waals surface area contributed by atoms with Crippen LogP contribution in [0.5, 0.6) is 5.75 Å². The van der Waals surface area contributed by atoms with Gasteiger partial charge in [0.05, 0.1) is 36.5 Å². The van der Waals surface area contributed by atoms with E-state index < -0.39 is 0 Å². The van der Waals surface area contributed by atoms with Gasteiger partial charge in [0.25, 0.3) is 0 Å². The topological polar surface area (TPSA) is 71.5 Å². The minimum atomic E-state index is -0.287. The molecular formula is C22H22ClN3O3S. The largest absolute Gasteiger partial charge is 0.495 e. The fourth-order valence-corrected chi connectivity index (χ4v) is 4.04. The Morgan fingerprint density at radius 2 is 1.90 bits per heavy atom. The van der Waals surface area contributed by atoms with Gasteiger partial charge in [-0.15, -0.1) is 11.3 Å². The minimum Gasteiger partial charge on any atom is -0.495 e. The summed E-state index contributed by atoms with van der Waals surface area (Å²) in [5.41, 5.74) is 2.06. The summed E-state index contributed by atoms with van der Waals surface area (Å²) in [5, 5.41) is 6.02. The zero-order chi connectivity index (χ0) is 21.5. The molecular weight excluding hydrogens is 422 g/mol. The molecule has 0 bridgehead atoms. The lowest BCUT2D eigenvalue weighted by Gasteiger charge is -2.20. The van der Waals surface area contributed by atoms with Crippen molar-refractivity contribution in [1.29, 1.82) is 0 Å². The second-order valence-electron chi connectivity index (χ2n) is 6.46. The molecule has 0 unspecified atom stereocenters. The van der Waals surface area contributed by atoms with Gasteiger partial charge >= 0.3 is 0 Å². The van der Waals surface area contributed by atoms with Crippen LogP contribution < -0.4 is 10.1 Å². The molecule has 0 radical (unpaired) electrons. The van der Waals surface area contributed by atoms with Crippen molar-refractivity contribution >= 4 is 40.4 Å². The van der Waals surface area contributed by atoms with E-state index in [4.69, 9.17) is 16.3 Å². The third-order valence-corrected chi connectivity index (χ3v) is 5.69. The Kier molecular flexibility index (Phi) is 7.43. The SMILES string of the molecule is CCN(CC(=O)Nc1ccccc1OC)C(=O)Cc1csc(-c2ccccc2Cl)n1. The number of hydrogen-bond acceptors (Lipinski definition) is 5. The predicted molar refractivity (Wildman–Crippen MR) is 120 cm³/mol. The number of nitrogens with one attached hydrogen (secondary N) is 1. The lowest BCUT2D eigenvalue weighted by atomic mass is 10.2. The Hall–Kier alpha value is -2.90. The fraction of sp³-hybridized carbons (Fsp3) is 0.227. The van der Waals surface area contributed by atoms with E-state index in [0.717, 1.165) is 10.6 Å². The summed E-state index contributed by atoms with van der Waals surface area (Å²) < 4.78 is 5.24. The van der Waals surface area contributed by atoms with E-state index in [1.165, 1.54) is 23.3 Å². The first-order valence-corrected chi connectivity index (χ1v) is 10.7. The maximum Gasteiger partial charge on any atom is 0.244 e. The number of likely N-dealkylation sites (N-methyl/N-ethyl adjacent to an activating group) is 1. The summed E-state index contributed by atoms with van der Waals surface area (Å²) in [6, 6.07) is 14.6. The molecule has 3 rings (SSSR count). The van der Waals surface area contributed by atoms with E-state index in [1.54, 1.807) is 18.2 Å². The average Bonchev–Trinajstić information content (AvgIpc) is 3.20. The van der Waals surface area contributed by atoms with Gasteiger partial charge in [-0.3, -0.25) is 9.59 Å². The lowest BCUT2D eigenvalue weighted by Crippen LogP contribution is -2.38. The lowest BCUT2D eigenvalue weighted by molar-refractivity contribution is -0.133. The van der Waals surface area contributed by atoms with Crippen LogP contribution in [0, 0.1) is 0 Å². The number of aromatic nitrogens is 1. The highest BCUT2D eigenvalue weighted by molar-refractivity contribution is 7.13. The maximum atomic E-state index is 12.7. The Balaban J connectivity index is 1.62. The first-order valence-electron chi connectivity index (χ1n) is 9.41. The Morgan fingerprint density at radius 3 is 2.63 bits per heavy atom. The van der Waals surface area contributed by atoms with Gasteiger partial charge in [-0.2, -0.15) is 0 Å². The van der Waals surface area contributed by atoms with E-state index in [-0.39, 0.29) is 24.8 Å². The van der Waals surface area contributed by atoms with E-state index in [0.29, 0.717) is 28.7 Å². The number of amides is 2. The van der Waals surface area contributed by atoms with Gasteiger partial charge in [0.1, 0.15) is 10.8 Å². The molecule has 3 aromatic rings. The molecule has 0 aliphatic carbocycles. The normalized spacial score (nSPS) is 10.5. The van der Waals surface area contributed by atoms with Crippen molar-refractivity contribution in [2.75, 3.05) is 25.5 Å². The van der Waals surface area contributed by atoms with Crippen molar-refractivity contribution in [2.45, 2.75) is 13.3 Å². The molecule has 2 amide bonds. The molecule has 0 spiro atoms. The highest BCUT2D eigenvalue weighted by atomic mass is 35.5. The molecule has 0 aliphatic rings. The number of halogens is 1. The quantitative estimate of drug-likeness (QED) is 0.556. The van der Waals surface area contributed by atoms with Gasteiger partial charge in [-0.25, -0.2) is 4.98 Å². The number of rotatable bonds is 8. The van der Waals surface area contributed by atoms with E-state index in [9.17, 15) is 9.59 Å². The number of nitrogens with zero attached hydrogens (tertiary/aromatic N) is 2. The Morgan fingerprint density at radius 1 is 1.17 bits per heavy atom. The maximum absolute atomic E-state index is 12.7. The highest BCUT2D eigenvalue weighted by Gasteiger charge is 2.19. The standard InChI is InChI=1S/C22H22ClN3O3S/c1-3-26(13-20(27)25-18-10-6-7-11-19(18)29-2)21(28)12-15-14-30-22(24-15)16-8-4-5-9-17(16)23/h4-11,14H,3,12-13H2,1-2H3,(H,25,27). The molecule has 0 fully saturated rings. The predicted octanol–water partition coefficient (Wildman–Crippen LogP) is 4.50. The number of carbonyl (C=O) groups is 2. The Labute approximate surface area is 184 Å². The molecule has 6 nitrogen and oxygen atoms in total. The van der Waals surface area contributed by atoms with Crippen molar-refractivity contribution in [2.24, 2.45) is 0 Å². The van der Waals surface area contributed by atoms with Crippen LogP contribution in [0.25, 0.3) is 10.6 Å². The summed E-state index contributed by atoms with van der Waals surface area (Å²) in [5.74, 6) is 0.114. The van der Waals surface area contributed by atoms with Crippen molar-refractivity contribution in [3.63, 3.8) is 0 Å². The second-order valence-corrected chi connectivity index (χ2v) is 7.72. The van der Waals surface area contributed by atoms with Crippen LogP contribution in [0.1, 0.15) is 12.6 Å². The number of anilines is 1. The minimum absolute atomic E-state index is 0.0467. The van der Waals surface area contributed by atoms with Gasteiger partial charge < -0.3 is 15.0 Å². The Bertz CT molecular complexity index is 1040. The summed E-state index contributed by atoms with van der Waals surface area (Å²) in [4.78, 5) is 31.2.